The van der Waals surface area contributed by atoms with Crippen LogP contribution in [0, 0.1) is 3.57 Å². The molecule has 0 saturated heterocycles. The highest BCUT2D eigenvalue weighted by atomic mass is 127. The number of nitrogens with zero attached hydrogens (tertiary/aromatic N) is 1. The van der Waals surface area contributed by atoms with Gasteiger partial charge in [-0.1, -0.05) is 0 Å². The lowest BCUT2D eigenvalue weighted by molar-refractivity contribution is 0.0943. The highest BCUT2D eigenvalue weighted by Gasteiger charge is 2.20. The number of amides is 1. The van der Waals surface area contributed by atoms with Gasteiger partial charge >= 0.3 is 0 Å². The van der Waals surface area contributed by atoms with E-state index in [-0.39, 0.29) is 23.6 Å². The third-order valence-corrected chi connectivity index (χ3v) is 5.11. The zero-order chi connectivity index (χ0) is 14.6. The number of carbonyl (C=O) groups excluding carboxylic acids is 1. The molecule has 1 rings (SSSR count). The summed E-state index contributed by atoms with van der Waals surface area (Å²) in [6.45, 7) is -0.0441. The molecule has 2 N–H and O–H groups in total. The van der Waals surface area contributed by atoms with Crippen molar-refractivity contribution in [3.05, 3.63) is 27.3 Å². The second-order valence-corrected chi connectivity index (χ2v) is 7.22. The third-order valence-electron chi connectivity index (χ3n) is 2.36. The molecule has 106 valence electrons. The molecule has 0 aliphatic rings. The summed E-state index contributed by atoms with van der Waals surface area (Å²) >= 11 is 1.96. The summed E-state index contributed by atoms with van der Waals surface area (Å²) < 4.78 is 25.7. The van der Waals surface area contributed by atoms with Gasteiger partial charge < -0.3 is 10.4 Å². The van der Waals surface area contributed by atoms with Crippen LogP contribution in [-0.2, 0) is 10.0 Å². The molecule has 1 aromatic carbocycles. The second kappa shape index (κ2) is 6.64. The first-order chi connectivity index (χ1) is 8.80. The van der Waals surface area contributed by atoms with E-state index >= 15 is 0 Å². The fourth-order valence-corrected chi connectivity index (χ4v) is 2.82. The van der Waals surface area contributed by atoms with Gasteiger partial charge in [0.15, 0.2) is 0 Å². The summed E-state index contributed by atoms with van der Waals surface area (Å²) in [5.41, 5.74) is 0.275. The van der Waals surface area contributed by atoms with Crippen molar-refractivity contribution in [3.63, 3.8) is 0 Å². The van der Waals surface area contributed by atoms with Crippen LogP contribution in [0.15, 0.2) is 23.1 Å². The van der Waals surface area contributed by atoms with Gasteiger partial charge in [-0.2, -0.15) is 0 Å². The van der Waals surface area contributed by atoms with E-state index < -0.39 is 15.9 Å². The number of halogens is 1. The number of benzene rings is 1. The Balaban J connectivity index is 3.18. The standard InChI is InChI=1S/C11H15IN2O4S/c1-14(2)19(17,18)8-3-4-10(12)9(7-8)11(16)13-5-6-15/h3-4,7,15H,5-6H2,1-2H3,(H,13,16). The monoisotopic (exact) mass is 398 g/mol. The van der Waals surface area contributed by atoms with E-state index in [1.807, 2.05) is 22.6 Å². The summed E-state index contributed by atoms with van der Waals surface area (Å²) in [4.78, 5) is 11.9. The quantitative estimate of drug-likeness (QED) is 0.697. The first kappa shape index (κ1) is 16.3. The molecule has 8 heteroatoms. The molecule has 0 bridgehead atoms. The van der Waals surface area contributed by atoms with Gasteiger partial charge in [0.2, 0.25) is 10.0 Å². The van der Waals surface area contributed by atoms with Crippen molar-refractivity contribution >= 4 is 38.5 Å². The number of nitrogens with one attached hydrogen (secondary N) is 1. The minimum absolute atomic E-state index is 0.0621. The maximum absolute atomic E-state index is 12.0. The number of hydrogen-bond acceptors (Lipinski definition) is 4. The van der Waals surface area contributed by atoms with Gasteiger partial charge in [-0.3, -0.25) is 4.79 Å². The van der Waals surface area contributed by atoms with Crippen LogP contribution >= 0.6 is 22.6 Å². The van der Waals surface area contributed by atoms with Crippen LogP contribution in [0.2, 0.25) is 0 Å². The Bertz CT molecular complexity index is 572. The zero-order valence-electron chi connectivity index (χ0n) is 10.6. The lowest BCUT2D eigenvalue weighted by Crippen LogP contribution is -2.28. The van der Waals surface area contributed by atoms with Crippen LogP contribution in [-0.4, -0.2) is 51.0 Å². The fraction of sp³-hybridized carbons (Fsp3) is 0.364. The second-order valence-electron chi connectivity index (χ2n) is 3.91. The largest absolute Gasteiger partial charge is 0.395 e. The van der Waals surface area contributed by atoms with Crippen molar-refractivity contribution < 1.29 is 18.3 Å². The Morgan fingerprint density at radius 2 is 2.05 bits per heavy atom. The number of sulfonamides is 1. The molecule has 6 nitrogen and oxygen atoms in total. The van der Waals surface area contributed by atoms with E-state index in [9.17, 15) is 13.2 Å². The van der Waals surface area contributed by atoms with Crippen molar-refractivity contribution in [1.82, 2.24) is 9.62 Å². The van der Waals surface area contributed by atoms with Crippen LogP contribution in [0.5, 0.6) is 0 Å². The number of hydrogen-bond donors (Lipinski definition) is 2. The molecule has 0 fully saturated rings. The predicted octanol–water partition coefficient (Wildman–Crippen LogP) is 0.264. The molecule has 0 heterocycles. The van der Waals surface area contributed by atoms with E-state index in [4.69, 9.17) is 5.11 Å². The average Bonchev–Trinajstić information content (AvgIpc) is 2.36. The van der Waals surface area contributed by atoms with Crippen LogP contribution in [0.3, 0.4) is 0 Å². The molecular weight excluding hydrogens is 383 g/mol. The Labute approximate surface area is 126 Å². The summed E-state index contributed by atoms with van der Waals surface area (Å²) in [6, 6.07) is 4.37. The number of aliphatic hydroxyl groups excluding tert-OH is 1. The molecule has 0 radical (unpaired) electrons. The highest BCUT2D eigenvalue weighted by Crippen LogP contribution is 2.19. The Morgan fingerprint density at radius 1 is 1.42 bits per heavy atom. The van der Waals surface area contributed by atoms with Gasteiger partial charge in [-0.05, 0) is 40.8 Å². The minimum atomic E-state index is -3.57. The van der Waals surface area contributed by atoms with Gasteiger partial charge in [-0.15, -0.1) is 0 Å². The highest BCUT2D eigenvalue weighted by molar-refractivity contribution is 14.1. The molecule has 0 aliphatic carbocycles. The SMILES string of the molecule is CN(C)S(=O)(=O)c1ccc(I)c(C(=O)NCCO)c1. The normalized spacial score (nSPS) is 11.6. The maximum atomic E-state index is 12.0. The third kappa shape index (κ3) is 3.88. The van der Waals surface area contributed by atoms with Crippen LogP contribution in [0.4, 0.5) is 0 Å². The van der Waals surface area contributed by atoms with Gasteiger partial charge in [-0.25, -0.2) is 12.7 Å². The molecule has 0 aliphatic heterocycles. The van der Waals surface area contributed by atoms with Crippen molar-refractivity contribution in [2.45, 2.75) is 4.90 Å². The average molecular weight is 398 g/mol. The summed E-state index contributed by atoms with van der Waals surface area (Å²) in [5.74, 6) is -0.408. The number of aliphatic hydroxyl groups is 1. The van der Waals surface area contributed by atoms with E-state index in [1.54, 1.807) is 6.07 Å². The summed E-state index contributed by atoms with van der Waals surface area (Å²) in [6.07, 6.45) is 0. The van der Waals surface area contributed by atoms with Crippen molar-refractivity contribution in [3.8, 4) is 0 Å². The Kier molecular flexibility index (Phi) is 5.71. The van der Waals surface area contributed by atoms with E-state index in [0.29, 0.717) is 3.57 Å². The molecule has 0 atom stereocenters. The maximum Gasteiger partial charge on any atom is 0.252 e. The van der Waals surface area contributed by atoms with Gasteiger partial charge in [0.1, 0.15) is 0 Å². The van der Waals surface area contributed by atoms with Crippen molar-refractivity contribution in [1.29, 1.82) is 0 Å². The van der Waals surface area contributed by atoms with E-state index in [0.717, 1.165) is 4.31 Å². The van der Waals surface area contributed by atoms with Gasteiger partial charge in [0, 0.05) is 24.2 Å². The van der Waals surface area contributed by atoms with Crippen molar-refractivity contribution in [2.75, 3.05) is 27.2 Å². The molecule has 0 unspecified atom stereocenters. The first-order valence-electron chi connectivity index (χ1n) is 5.42. The summed E-state index contributed by atoms with van der Waals surface area (Å²) in [7, 11) is -0.711. The number of carbonyl (C=O) groups is 1. The lowest BCUT2D eigenvalue weighted by atomic mass is 10.2. The predicted molar refractivity (Wildman–Crippen MR) is 79.5 cm³/mol. The molecule has 1 aromatic rings. The van der Waals surface area contributed by atoms with Crippen LogP contribution in [0.1, 0.15) is 10.4 Å². The Hall–Kier alpha value is -0.710. The van der Waals surface area contributed by atoms with Crippen LogP contribution < -0.4 is 5.32 Å². The zero-order valence-corrected chi connectivity index (χ0v) is 13.5. The van der Waals surface area contributed by atoms with Gasteiger partial charge in [0.05, 0.1) is 17.1 Å². The first-order valence-corrected chi connectivity index (χ1v) is 7.93. The Morgan fingerprint density at radius 3 is 2.58 bits per heavy atom. The van der Waals surface area contributed by atoms with Crippen molar-refractivity contribution in [2.24, 2.45) is 0 Å². The topological polar surface area (TPSA) is 86.7 Å². The molecule has 0 saturated carbocycles. The molecular formula is C11H15IN2O4S. The number of rotatable bonds is 5. The molecule has 0 aromatic heterocycles. The van der Waals surface area contributed by atoms with E-state index in [1.165, 1.54) is 26.2 Å². The lowest BCUT2D eigenvalue weighted by Gasteiger charge is -2.13. The summed E-state index contributed by atoms with van der Waals surface area (Å²) in [5, 5.41) is 11.2. The minimum Gasteiger partial charge on any atom is -0.395 e. The molecule has 0 spiro atoms. The van der Waals surface area contributed by atoms with Gasteiger partial charge in [0.25, 0.3) is 5.91 Å². The van der Waals surface area contributed by atoms with Crippen LogP contribution in [0.25, 0.3) is 0 Å². The molecule has 19 heavy (non-hydrogen) atoms. The smallest absolute Gasteiger partial charge is 0.252 e. The fourth-order valence-electron chi connectivity index (χ4n) is 1.31. The van der Waals surface area contributed by atoms with E-state index in [2.05, 4.69) is 5.32 Å². The molecule has 1 amide bonds.